The van der Waals surface area contributed by atoms with E-state index in [0.29, 0.717) is 10.8 Å². The molecule has 4 atom stereocenters. The van der Waals surface area contributed by atoms with Gasteiger partial charge < -0.3 is 10.6 Å². The second-order valence-corrected chi connectivity index (χ2v) is 8.44. The second-order valence-electron chi connectivity index (χ2n) is 8.03. The molecule has 4 saturated carbocycles. The van der Waals surface area contributed by atoms with Crippen molar-refractivity contribution in [3.63, 3.8) is 0 Å². The Hall–Kier alpha value is -0.570. The van der Waals surface area contributed by atoms with Crippen LogP contribution < -0.4 is 10.6 Å². The molecule has 2 N–H and O–H groups in total. The third-order valence-electron chi connectivity index (χ3n) is 5.41. The summed E-state index contributed by atoms with van der Waals surface area (Å²) in [6.07, 6.45) is 10.0. The Bertz CT molecular complexity index is 399. The lowest BCUT2D eigenvalue weighted by Crippen LogP contribution is -2.66. The number of nitrogens with one attached hydrogen (secondary N) is 2. The lowest BCUT2D eigenvalue weighted by atomic mass is 9.43. The van der Waals surface area contributed by atoms with Gasteiger partial charge in [0.15, 0.2) is 5.11 Å². The predicted octanol–water partition coefficient (Wildman–Crippen LogP) is 3.39. The van der Waals surface area contributed by atoms with Gasteiger partial charge in [-0.1, -0.05) is 19.9 Å². The molecule has 0 amide bonds. The van der Waals surface area contributed by atoms with Crippen molar-refractivity contribution in [1.82, 2.24) is 10.6 Å². The zero-order valence-corrected chi connectivity index (χ0v) is 13.0. The first-order valence-electron chi connectivity index (χ1n) is 7.53. The lowest BCUT2D eigenvalue weighted by molar-refractivity contribution is -0.111. The first-order chi connectivity index (χ1) is 8.86. The molecule has 0 saturated heterocycles. The van der Waals surface area contributed by atoms with Crippen LogP contribution in [0.2, 0.25) is 0 Å². The Balaban J connectivity index is 1.77. The molecule has 4 aliphatic rings. The van der Waals surface area contributed by atoms with Gasteiger partial charge in [-0.25, -0.2) is 0 Å². The average molecular weight is 278 g/mol. The Morgan fingerprint density at radius 1 is 1.21 bits per heavy atom. The van der Waals surface area contributed by atoms with Gasteiger partial charge in [-0.05, 0) is 67.5 Å². The Morgan fingerprint density at radius 2 is 1.84 bits per heavy atom. The summed E-state index contributed by atoms with van der Waals surface area (Å²) in [7, 11) is 0. The quantitative estimate of drug-likeness (QED) is 0.611. The standard InChI is InChI=1S/C16H26N2S/c1-4-5-17-13(19)18-16-8-12-6-14(2,10-16)9-15(3,7-12)11-16/h4,12H,1,5-11H2,2-3H3,(H2,17,18,19)/t12?,14-,15+,16?. The van der Waals surface area contributed by atoms with Crippen molar-refractivity contribution in [3.05, 3.63) is 12.7 Å². The summed E-state index contributed by atoms with van der Waals surface area (Å²) >= 11 is 5.46. The van der Waals surface area contributed by atoms with Crippen LogP contribution in [0.15, 0.2) is 12.7 Å². The Kier molecular flexibility index (Phi) is 2.97. The van der Waals surface area contributed by atoms with Gasteiger partial charge in [0, 0.05) is 12.1 Å². The topological polar surface area (TPSA) is 24.1 Å². The van der Waals surface area contributed by atoms with Crippen molar-refractivity contribution < 1.29 is 0 Å². The molecule has 106 valence electrons. The average Bonchev–Trinajstić information content (AvgIpc) is 2.20. The predicted molar refractivity (Wildman–Crippen MR) is 84.1 cm³/mol. The molecule has 0 spiro atoms. The molecule has 0 heterocycles. The van der Waals surface area contributed by atoms with Gasteiger partial charge in [0.1, 0.15) is 0 Å². The fourth-order valence-electron chi connectivity index (χ4n) is 6.04. The number of rotatable bonds is 3. The molecule has 4 fully saturated rings. The highest BCUT2D eigenvalue weighted by atomic mass is 32.1. The van der Waals surface area contributed by atoms with Gasteiger partial charge in [-0.3, -0.25) is 0 Å². The highest BCUT2D eigenvalue weighted by molar-refractivity contribution is 7.80. The molecule has 4 bridgehead atoms. The number of thiocarbonyl (C=S) groups is 1. The molecule has 4 rings (SSSR count). The van der Waals surface area contributed by atoms with E-state index in [1.807, 2.05) is 6.08 Å². The molecule has 2 nitrogen and oxygen atoms in total. The van der Waals surface area contributed by atoms with Gasteiger partial charge in [-0.15, -0.1) is 6.58 Å². The minimum Gasteiger partial charge on any atom is -0.359 e. The zero-order chi connectivity index (χ0) is 13.7. The van der Waals surface area contributed by atoms with E-state index in [2.05, 4.69) is 31.1 Å². The van der Waals surface area contributed by atoms with E-state index in [0.717, 1.165) is 17.6 Å². The molecule has 2 unspecified atom stereocenters. The Labute approximate surface area is 122 Å². The summed E-state index contributed by atoms with van der Waals surface area (Å²) in [6, 6.07) is 0. The highest BCUT2D eigenvalue weighted by Gasteiger charge is 2.60. The third kappa shape index (κ3) is 2.42. The monoisotopic (exact) mass is 278 g/mol. The van der Waals surface area contributed by atoms with Crippen LogP contribution in [-0.2, 0) is 0 Å². The first kappa shape index (κ1) is 13.4. The highest BCUT2D eigenvalue weighted by Crippen LogP contribution is 2.66. The van der Waals surface area contributed by atoms with Gasteiger partial charge in [0.2, 0.25) is 0 Å². The van der Waals surface area contributed by atoms with Crippen molar-refractivity contribution in [2.75, 3.05) is 6.54 Å². The normalized spacial score (nSPS) is 46.9. The maximum Gasteiger partial charge on any atom is 0.166 e. The summed E-state index contributed by atoms with van der Waals surface area (Å²) in [5.74, 6) is 0.904. The molecule has 3 heteroatoms. The largest absolute Gasteiger partial charge is 0.359 e. The van der Waals surface area contributed by atoms with E-state index < -0.39 is 0 Å². The fraction of sp³-hybridized carbons (Fsp3) is 0.812. The Morgan fingerprint density at radius 3 is 2.37 bits per heavy atom. The smallest absolute Gasteiger partial charge is 0.166 e. The van der Waals surface area contributed by atoms with Crippen molar-refractivity contribution in [2.24, 2.45) is 16.7 Å². The molecular formula is C16H26N2S. The van der Waals surface area contributed by atoms with Crippen LogP contribution in [0.3, 0.4) is 0 Å². The second kappa shape index (κ2) is 4.21. The summed E-state index contributed by atoms with van der Waals surface area (Å²) in [6.45, 7) is 9.47. The summed E-state index contributed by atoms with van der Waals surface area (Å²) < 4.78 is 0. The van der Waals surface area contributed by atoms with E-state index >= 15 is 0 Å². The molecular weight excluding hydrogens is 252 g/mol. The molecule has 0 aromatic rings. The van der Waals surface area contributed by atoms with Crippen LogP contribution in [0.1, 0.15) is 52.4 Å². The summed E-state index contributed by atoms with van der Waals surface area (Å²) in [5.41, 5.74) is 1.33. The van der Waals surface area contributed by atoms with Crippen LogP contribution in [0.4, 0.5) is 0 Å². The van der Waals surface area contributed by atoms with Crippen LogP contribution in [0.5, 0.6) is 0 Å². The molecule has 0 aromatic carbocycles. The molecule has 0 radical (unpaired) electrons. The fourth-order valence-corrected chi connectivity index (χ4v) is 6.34. The molecule has 4 aliphatic carbocycles. The summed E-state index contributed by atoms with van der Waals surface area (Å²) in [5, 5.41) is 7.73. The number of hydrogen-bond acceptors (Lipinski definition) is 1. The van der Waals surface area contributed by atoms with Crippen molar-refractivity contribution >= 4 is 17.3 Å². The molecule has 0 aliphatic heterocycles. The minimum absolute atomic E-state index is 0.258. The van der Waals surface area contributed by atoms with Crippen molar-refractivity contribution in [3.8, 4) is 0 Å². The zero-order valence-electron chi connectivity index (χ0n) is 12.2. The molecule has 0 aromatic heterocycles. The number of hydrogen-bond donors (Lipinski definition) is 2. The molecule has 19 heavy (non-hydrogen) atoms. The van der Waals surface area contributed by atoms with Crippen LogP contribution in [-0.4, -0.2) is 17.2 Å². The van der Waals surface area contributed by atoms with E-state index in [4.69, 9.17) is 12.2 Å². The summed E-state index contributed by atoms with van der Waals surface area (Å²) in [4.78, 5) is 0. The van der Waals surface area contributed by atoms with E-state index in [1.165, 1.54) is 38.5 Å². The third-order valence-corrected chi connectivity index (χ3v) is 5.66. The van der Waals surface area contributed by atoms with Gasteiger partial charge in [0.05, 0.1) is 0 Å². The maximum atomic E-state index is 5.46. The van der Waals surface area contributed by atoms with Gasteiger partial charge >= 0.3 is 0 Å². The van der Waals surface area contributed by atoms with Crippen LogP contribution in [0, 0.1) is 16.7 Å². The maximum absolute atomic E-state index is 5.46. The van der Waals surface area contributed by atoms with Crippen molar-refractivity contribution in [1.29, 1.82) is 0 Å². The first-order valence-corrected chi connectivity index (χ1v) is 7.94. The van der Waals surface area contributed by atoms with Gasteiger partial charge in [-0.2, -0.15) is 0 Å². The van der Waals surface area contributed by atoms with E-state index in [-0.39, 0.29) is 5.54 Å². The SMILES string of the molecule is C=CCNC(=S)NC12CC3C[C@@](C)(C1)C[C@](C)(C3)C2. The van der Waals surface area contributed by atoms with Crippen molar-refractivity contribution in [2.45, 2.75) is 57.9 Å². The lowest BCUT2D eigenvalue weighted by Gasteiger charge is -2.65. The van der Waals surface area contributed by atoms with Gasteiger partial charge in [0.25, 0.3) is 0 Å². The van der Waals surface area contributed by atoms with Crippen LogP contribution in [0.25, 0.3) is 0 Å². The van der Waals surface area contributed by atoms with E-state index in [9.17, 15) is 0 Å². The van der Waals surface area contributed by atoms with E-state index in [1.54, 1.807) is 0 Å². The van der Waals surface area contributed by atoms with Crippen LogP contribution >= 0.6 is 12.2 Å². The minimum atomic E-state index is 0.258.